The van der Waals surface area contributed by atoms with E-state index in [1.165, 1.54) is 30.1 Å². The summed E-state index contributed by atoms with van der Waals surface area (Å²) in [6.45, 7) is 12.2. The molecule has 4 heteroatoms. The van der Waals surface area contributed by atoms with Gasteiger partial charge >= 0.3 is 64.9 Å². The molecule has 154 valence electrons. The molecule has 4 saturated carbocycles. The molecular weight excluding hydrogens is 684 g/mol. The van der Waals surface area contributed by atoms with Gasteiger partial charge in [0, 0.05) is 0 Å². The molecule has 0 aromatic rings. The van der Waals surface area contributed by atoms with Gasteiger partial charge in [-0.15, -0.1) is 0 Å². The van der Waals surface area contributed by atoms with E-state index in [0.717, 1.165) is 0 Å². The Labute approximate surface area is 198 Å². The molecule has 0 aromatic heterocycles. The zero-order valence-electron chi connectivity index (χ0n) is 17.7. The van der Waals surface area contributed by atoms with Gasteiger partial charge in [0.2, 0.25) is 0 Å². The van der Waals surface area contributed by atoms with Gasteiger partial charge < -0.3 is 0 Å². The fraction of sp³-hybridized carbons (Fsp3) is 1.00. The van der Waals surface area contributed by atoms with Gasteiger partial charge in [-0.3, -0.25) is 0 Å². The SMILES string of the molecule is C1CC2CCC1C2.C1CC2CCC1C2.CC.CC.CCC.[I][V]([I])[I]. The van der Waals surface area contributed by atoms with Crippen molar-refractivity contribution in [1.29, 1.82) is 0 Å². The molecule has 0 atom stereocenters. The number of rotatable bonds is 0. The second kappa shape index (κ2) is 21.5. The van der Waals surface area contributed by atoms with E-state index in [9.17, 15) is 0 Å². The van der Waals surface area contributed by atoms with Crippen molar-refractivity contribution < 1.29 is 4.92 Å². The van der Waals surface area contributed by atoms with Crippen LogP contribution in [0.2, 0.25) is 0 Å². The number of halogens is 3. The van der Waals surface area contributed by atoms with Gasteiger partial charge in [-0.05, 0) is 36.5 Å². The van der Waals surface area contributed by atoms with Gasteiger partial charge in [-0.2, -0.15) is 0 Å². The number of hydrogen-bond donors (Lipinski definition) is 0. The first-order valence-electron chi connectivity index (χ1n) is 10.8. The predicted molar refractivity (Wildman–Crippen MR) is 141 cm³/mol. The molecule has 0 saturated heterocycles. The number of hydrogen-bond acceptors (Lipinski definition) is 0. The van der Waals surface area contributed by atoms with E-state index in [-0.39, 0.29) is 4.92 Å². The first kappa shape index (κ1) is 30.0. The monoisotopic (exact) mass is 728 g/mol. The van der Waals surface area contributed by atoms with Crippen LogP contribution < -0.4 is 0 Å². The quantitative estimate of drug-likeness (QED) is 0.218. The van der Waals surface area contributed by atoms with Crippen LogP contribution in [0.25, 0.3) is 0 Å². The normalized spacial score (nSPS) is 29.5. The molecule has 0 aliphatic heterocycles. The fourth-order valence-electron chi connectivity index (χ4n) is 4.35. The molecule has 0 unspecified atom stereocenters. The van der Waals surface area contributed by atoms with Crippen LogP contribution in [0.3, 0.4) is 0 Å². The predicted octanol–water partition coefficient (Wildman–Crippen LogP) is 10.5. The van der Waals surface area contributed by atoms with Crippen LogP contribution in [0, 0.1) is 23.7 Å². The third-order valence-electron chi connectivity index (χ3n) is 5.27. The molecule has 0 nitrogen and oxygen atoms in total. The van der Waals surface area contributed by atoms with E-state index >= 15 is 0 Å². The fourth-order valence-corrected chi connectivity index (χ4v) is 4.35. The summed E-state index contributed by atoms with van der Waals surface area (Å²) in [5.74, 6) is 4.69. The minimum atomic E-state index is -0.278. The maximum atomic E-state index is 2.46. The third-order valence-corrected chi connectivity index (χ3v) is 5.27. The summed E-state index contributed by atoms with van der Waals surface area (Å²) >= 11 is 7.39. The zero-order chi connectivity index (χ0) is 19.7. The Kier molecular flexibility index (Phi) is 25.8. The van der Waals surface area contributed by atoms with Crippen molar-refractivity contribution in [3.8, 4) is 0 Å². The zero-order valence-corrected chi connectivity index (χ0v) is 25.5. The van der Waals surface area contributed by atoms with E-state index in [2.05, 4.69) is 73.8 Å². The van der Waals surface area contributed by atoms with Gasteiger partial charge in [0.15, 0.2) is 0 Å². The van der Waals surface area contributed by atoms with Gasteiger partial charge in [0.05, 0.1) is 0 Å². The van der Waals surface area contributed by atoms with Crippen LogP contribution in [-0.2, 0) is 4.92 Å². The third kappa shape index (κ3) is 17.4. The summed E-state index contributed by atoms with van der Waals surface area (Å²) in [4.78, 5) is -0.278. The average molecular weight is 728 g/mol. The van der Waals surface area contributed by atoms with Crippen LogP contribution in [0.4, 0.5) is 0 Å². The molecule has 0 N–H and O–H groups in total. The first-order chi connectivity index (χ1) is 12.0. The van der Waals surface area contributed by atoms with Crippen LogP contribution in [0.5, 0.6) is 0 Å². The Bertz CT molecular complexity index is 201. The summed E-state index contributed by atoms with van der Waals surface area (Å²) in [6, 6.07) is 0. The molecular formula is C21H44I3V. The molecule has 4 aliphatic carbocycles. The van der Waals surface area contributed by atoms with E-state index in [1.807, 2.05) is 27.7 Å². The summed E-state index contributed by atoms with van der Waals surface area (Å²) in [5.41, 5.74) is 0. The second-order valence-electron chi connectivity index (χ2n) is 7.14. The molecule has 4 fully saturated rings. The Morgan fingerprint density at radius 2 is 0.680 bits per heavy atom. The van der Waals surface area contributed by atoms with Crippen LogP contribution in [0.1, 0.15) is 112 Å². The van der Waals surface area contributed by atoms with Gasteiger partial charge in [-0.25, -0.2) is 0 Å². The summed E-state index contributed by atoms with van der Waals surface area (Å²) < 4.78 is 0. The Morgan fingerprint density at radius 3 is 0.720 bits per heavy atom. The van der Waals surface area contributed by atoms with Crippen molar-refractivity contribution in [3.63, 3.8) is 0 Å². The Balaban J connectivity index is 0. The summed E-state index contributed by atoms with van der Waals surface area (Å²) in [7, 11) is 0. The Morgan fingerprint density at radius 1 is 0.560 bits per heavy atom. The molecule has 4 bridgehead atoms. The minimum absolute atomic E-state index is 0.278. The molecule has 4 aliphatic rings. The Hall–Kier alpha value is 2.77. The van der Waals surface area contributed by atoms with E-state index in [0.29, 0.717) is 0 Å². The molecule has 0 heterocycles. The van der Waals surface area contributed by atoms with Crippen molar-refractivity contribution in [1.82, 2.24) is 0 Å². The maximum absolute atomic E-state index is 2.46. The molecule has 0 radical (unpaired) electrons. The van der Waals surface area contributed by atoms with Crippen LogP contribution in [-0.4, -0.2) is 0 Å². The molecule has 0 amide bonds. The van der Waals surface area contributed by atoms with Gasteiger partial charge in [-0.1, -0.05) is 99.3 Å². The topological polar surface area (TPSA) is 0 Å². The average Bonchev–Trinajstić information content (AvgIpc) is 3.42. The molecule has 0 spiro atoms. The first-order valence-corrected chi connectivity index (χ1v) is 24.3. The van der Waals surface area contributed by atoms with E-state index in [1.54, 1.807) is 64.2 Å². The van der Waals surface area contributed by atoms with Crippen molar-refractivity contribution in [2.24, 2.45) is 23.7 Å². The van der Waals surface area contributed by atoms with Crippen molar-refractivity contribution in [3.05, 3.63) is 0 Å². The van der Waals surface area contributed by atoms with Gasteiger partial charge in [0.25, 0.3) is 0 Å². The molecule has 0 aromatic carbocycles. The van der Waals surface area contributed by atoms with Crippen molar-refractivity contribution in [2.75, 3.05) is 0 Å². The van der Waals surface area contributed by atoms with Crippen LogP contribution in [0.15, 0.2) is 0 Å². The van der Waals surface area contributed by atoms with Crippen LogP contribution >= 0.6 is 59.9 Å². The summed E-state index contributed by atoms with van der Waals surface area (Å²) in [5, 5.41) is 0. The van der Waals surface area contributed by atoms with E-state index < -0.39 is 0 Å². The van der Waals surface area contributed by atoms with Crippen molar-refractivity contribution >= 4 is 59.9 Å². The molecule has 25 heavy (non-hydrogen) atoms. The van der Waals surface area contributed by atoms with Gasteiger partial charge in [0.1, 0.15) is 0 Å². The van der Waals surface area contributed by atoms with Crippen molar-refractivity contribution in [2.45, 2.75) is 112 Å². The summed E-state index contributed by atoms with van der Waals surface area (Å²) in [6.07, 6.45) is 16.9. The van der Waals surface area contributed by atoms with E-state index in [4.69, 9.17) is 0 Å². The standard InChI is InChI=1S/2C7H12.C3H8.2C2H6.3HI.V/c2*1-2-7-4-3-6(1)5-7;1-3-2;2*1-2;;;;/h2*6-7H,1-5H2;3H2,1-2H3;2*1-2H3;3*1H;/q;;;;;;;;+3/p-3. The number of fused-ring (bicyclic) bond motifs is 4. The molecule has 4 rings (SSSR count). The second-order valence-corrected chi connectivity index (χ2v) is 42.5.